The summed E-state index contributed by atoms with van der Waals surface area (Å²) in [7, 11) is -3.68. The fourth-order valence-electron chi connectivity index (χ4n) is 3.13. The van der Waals surface area contributed by atoms with Crippen molar-refractivity contribution >= 4 is 45.1 Å². The number of nitrogens with one attached hydrogen (secondary N) is 1. The Morgan fingerprint density at radius 3 is 2.12 bits per heavy atom. The summed E-state index contributed by atoms with van der Waals surface area (Å²) < 4.78 is 31.8. The first-order valence-corrected chi connectivity index (χ1v) is 11.6. The number of esters is 1. The largest absolute Gasteiger partial charge is 0.452 e. The number of anilines is 1. The molecule has 0 aliphatic carbocycles. The fraction of sp³-hybridized carbons (Fsp3) is 0.286. The molecule has 2 amide bonds. The lowest BCUT2D eigenvalue weighted by Gasteiger charge is -2.33. The summed E-state index contributed by atoms with van der Waals surface area (Å²) in [5, 5.41) is 3.03. The van der Waals surface area contributed by atoms with Crippen LogP contribution in [0.2, 0.25) is 5.02 Å². The number of hydrogen-bond donors (Lipinski definition) is 1. The third-order valence-electron chi connectivity index (χ3n) is 4.81. The molecule has 1 heterocycles. The number of rotatable bonds is 6. The standard InChI is InChI=1S/C21H22ClN3O6S/c1-15(26)23-18-6-2-16(3-7-18)21(28)31-14-20(27)24-10-12-25(13-11-24)32(29,30)19-8-4-17(22)5-9-19/h2-9H,10-14H2,1H3,(H,23,26). The van der Waals surface area contributed by atoms with Crippen molar-refractivity contribution < 1.29 is 27.5 Å². The van der Waals surface area contributed by atoms with Crippen molar-refractivity contribution in [1.29, 1.82) is 0 Å². The minimum atomic E-state index is -3.68. The Hall–Kier alpha value is -2.95. The Morgan fingerprint density at radius 1 is 0.969 bits per heavy atom. The van der Waals surface area contributed by atoms with Gasteiger partial charge in [-0.3, -0.25) is 9.59 Å². The molecule has 1 fully saturated rings. The second-order valence-corrected chi connectivity index (χ2v) is 9.45. The molecule has 1 N–H and O–H groups in total. The van der Waals surface area contributed by atoms with E-state index in [1.807, 2.05) is 0 Å². The first-order valence-electron chi connectivity index (χ1n) is 9.75. The smallest absolute Gasteiger partial charge is 0.338 e. The van der Waals surface area contributed by atoms with E-state index in [9.17, 15) is 22.8 Å². The molecule has 1 aliphatic heterocycles. The Bertz CT molecular complexity index is 1100. The molecular formula is C21H22ClN3O6S. The third-order valence-corrected chi connectivity index (χ3v) is 6.98. The number of ether oxygens (including phenoxy) is 1. The topological polar surface area (TPSA) is 113 Å². The summed E-state index contributed by atoms with van der Waals surface area (Å²) in [5.74, 6) is -1.31. The lowest BCUT2D eigenvalue weighted by atomic mass is 10.2. The molecule has 0 bridgehead atoms. The van der Waals surface area contributed by atoms with Gasteiger partial charge in [0.05, 0.1) is 10.5 Å². The molecule has 0 spiro atoms. The monoisotopic (exact) mass is 479 g/mol. The van der Waals surface area contributed by atoms with Gasteiger partial charge in [-0.1, -0.05) is 11.6 Å². The van der Waals surface area contributed by atoms with Crippen molar-refractivity contribution in [2.24, 2.45) is 0 Å². The minimum Gasteiger partial charge on any atom is -0.452 e. The summed E-state index contributed by atoms with van der Waals surface area (Å²) in [4.78, 5) is 37.2. The SMILES string of the molecule is CC(=O)Nc1ccc(C(=O)OCC(=O)N2CCN(S(=O)(=O)c3ccc(Cl)cc3)CC2)cc1. The zero-order chi connectivity index (χ0) is 23.3. The summed E-state index contributed by atoms with van der Waals surface area (Å²) in [6.45, 7) is 1.57. The Kier molecular flexibility index (Phi) is 7.49. The van der Waals surface area contributed by atoms with Gasteiger partial charge in [-0.05, 0) is 48.5 Å². The molecule has 0 saturated carbocycles. The van der Waals surface area contributed by atoms with Crippen molar-refractivity contribution in [1.82, 2.24) is 9.21 Å². The third kappa shape index (κ3) is 5.84. The van der Waals surface area contributed by atoms with Crippen LogP contribution in [0.1, 0.15) is 17.3 Å². The normalized spacial score (nSPS) is 14.6. The van der Waals surface area contributed by atoms with Gasteiger partial charge in [0.1, 0.15) is 0 Å². The van der Waals surface area contributed by atoms with Gasteiger partial charge in [0.2, 0.25) is 15.9 Å². The number of nitrogens with zero attached hydrogens (tertiary/aromatic N) is 2. The summed E-state index contributed by atoms with van der Waals surface area (Å²) >= 11 is 5.81. The number of amides is 2. The predicted molar refractivity (Wildman–Crippen MR) is 118 cm³/mol. The highest BCUT2D eigenvalue weighted by Crippen LogP contribution is 2.20. The van der Waals surface area contributed by atoms with Crippen molar-refractivity contribution in [3.8, 4) is 0 Å². The van der Waals surface area contributed by atoms with Crippen molar-refractivity contribution in [3.05, 3.63) is 59.1 Å². The summed E-state index contributed by atoms with van der Waals surface area (Å²) in [6.07, 6.45) is 0. The second kappa shape index (κ2) is 10.1. The van der Waals surface area contributed by atoms with Gasteiger partial charge in [0.15, 0.2) is 6.61 Å². The van der Waals surface area contributed by atoms with Crippen LogP contribution in [0, 0.1) is 0 Å². The molecule has 2 aromatic rings. The average Bonchev–Trinajstić information content (AvgIpc) is 2.77. The van der Waals surface area contributed by atoms with E-state index in [1.54, 1.807) is 12.1 Å². The van der Waals surface area contributed by atoms with Crippen LogP contribution >= 0.6 is 11.6 Å². The molecule has 0 unspecified atom stereocenters. The number of hydrogen-bond acceptors (Lipinski definition) is 6. The lowest BCUT2D eigenvalue weighted by molar-refractivity contribution is -0.135. The average molecular weight is 480 g/mol. The van der Waals surface area contributed by atoms with Gasteiger partial charge in [-0.25, -0.2) is 13.2 Å². The van der Waals surface area contributed by atoms with E-state index in [4.69, 9.17) is 16.3 Å². The van der Waals surface area contributed by atoms with E-state index in [-0.39, 0.29) is 42.5 Å². The van der Waals surface area contributed by atoms with Crippen LogP contribution in [0.3, 0.4) is 0 Å². The van der Waals surface area contributed by atoms with Gasteiger partial charge in [0.25, 0.3) is 5.91 Å². The highest BCUT2D eigenvalue weighted by molar-refractivity contribution is 7.89. The number of sulfonamides is 1. The molecule has 3 rings (SSSR count). The predicted octanol–water partition coefficient (Wildman–Crippen LogP) is 1.99. The Balaban J connectivity index is 1.49. The van der Waals surface area contributed by atoms with Gasteiger partial charge in [-0.2, -0.15) is 4.31 Å². The molecule has 0 aromatic heterocycles. The van der Waals surface area contributed by atoms with Gasteiger partial charge >= 0.3 is 5.97 Å². The first-order chi connectivity index (χ1) is 15.2. The van der Waals surface area contributed by atoms with Crippen LogP contribution in [-0.2, 0) is 24.3 Å². The van der Waals surface area contributed by atoms with Crippen LogP contribution in [0.5, 0.6) is 0 Å². The van der Waals surface area contributed by atoms with Crippen LogP contribution in [-0.4, -0.2) is 68.2 Å². The van der Waals surface area contributed by atoms with E-state index in [1.165, 1.54) is 52.5 Å². The number of benzene rings is 2. The Labute approximate surface area is 190 Å². The summed E-state index contributed by atoms with van der Waals surface area (Å²) in [5.41, 5.74) is 0.780. The fourth-order valence-corrected chi connectivity index (χ4v) is 4.68. The molecule has 0 atom stereocenters. The minimum absolute atomic E-state index is 0.134. The molecule has 1 saturated heterocycles. The van der Waals surface area contributed by atoms with Crippen LogP contribution in [0.15, 0.2) is 53.4 Å². The molecule has 11 heteroatoms. The maximum Gasteiger partial charge on any atom is 0.338 e. The maximum absolute atomic E-state index is 12.7. The number of carbonyl (C=O) groups excluding carboxylic acids is 3. The van der Waals surface area contributed by atoms with Crippen molar-refractivity contribution in [2.45, 2.75) is 11.8 Å². The highest BCUT2D eigenvalue weighted by Gasteiger charge is 2.30. The van der Waals surface area contributed by atoms with Crippen LogP contribution < -0.4 is 5.32 Å². The molecule has 1 aliphatic rings. The van der Waals surface area contributed by atoms with Gasteiger partial charge < -0.3 is 15.0 Å². The first kappa shape index (κ1) is 23.7. The van der Waals surface area contributed by atoms with Crippen LogP contribution in [0.25, 0.3) is 0 Å². The van der Waals surface area contributed by atoms with E-state index in [0.717, 1.165) is 0 Å². The number of piperazine rings is 1. The molecule has 2 aromatic carbocycles. The zero-order valence-corrected chi connectivity index (χ0v) is 18.9. The summed E-state index contributed by atoms with van der Waals surface area (Å²) in [6, 6.07) is 12.0. The maximum atomic E-state index is 12.7. The lowest BCUT2D eigenvalue weighted by Crippen LogP contribution is -2.51. The van der Waals surface area contributed by atoms with Gasteiger partial charge in [-0.15, -0.1) is 0 Å². The molecule has 9 nitrogen and oxygen atoms in total. The van der Waals surface area contributed by atoms with Crippen molar-refractivity contribution in [3.63, 3.8) is 0 Å². The van der Waals surface area contributed by atoms with Crippen LogP contribution in [0.4, 0.5) is 5.69 Å². The quantitative estimate of drug-likeness (QED) is 0.634. The number of carbonyl (C=O) groups is 3. The van der Waals surface area contributed by atoms with E-state index in [2.05, 4.69) is 5.32 Å². The second-order valence-electron chi connectivity index (χ2n) is 7.07. The Morgan fingerprint density at radius 2 is 1.56 bits per heavy atom. The zero-order valence-electron chi connectivity index (χ0n) is 17.3. The van der Waals surface area contributed by atoms with E-state index >= 15 is 0 Å². The van der Waals surface area contributed by atoms with E-state index in [0.29, 0.717) is 10.7 Å². The van der Waals surface area contributed by atoms with Crippen molar-refractivity contribution in [2.75, 3.05) is 38.1 Å². The number of halogens is 1. The molecule has 0 radical (unpaired) electrons. The molecule has 170 valence electrons. The van der Waals surface area contributed by atoms with Gasteiger partial charge in [0, 0.05) is 43.8 Å². The molecular weight excluding hydrogens is 458 g/mol. The van der Waals surface area contributed by atoms with E-state index < -0.39 is 28.5 Å². The molecule has 32 heavy (non-hydrogen) atoms. The highest BCUT2D eigenvalue weighted by atomic mass is 35.5.